The normalized spacial score (nSPS) is 14.1. The van der Waals surface area contributed by atoms with Crippen molar-refractivity contribution in [2.75, 3.05) is 36.4 Å². The molecule has 0 unspecified atom stereocenters. The number of nitrogens with zero attached hydrogens (tertiary/aromatic N) is 4. The number of aromatic nitrogens is 3. The Labute approximate surface area is 173 Å². The Balaban J connectivity index is 1.40. The molecule has 3 aromatic heterocycles. The van der Waals surface area contributed by atoms with Crippen LogP contribution in [0.1, 0.15) is 10.5 Å². The lowest BCUT2D eigenvalue weighted by atomic mass is 10.1. The van der Waals surface area contributed by atoms with E-state index in [9.17, 15) is 4.79 Å². The maximum absolute atomic E-state index is 12.9. The zero-order valence-electron chi connectivity index (χ0n) is 16.2. The van der Waals surface area contributed by atoms with E-state index in [1.54, 1.807) is 30.9 Å². The summed E-state index contributed by atoms with van der Waals surface area (Å²) in [5.41, 5.74) is 3.54. The molecule has 8 heteroatoms. The fourth-order valence-corrected chi connectivity index (χ4v) is 3.58. The number of piperazine rings is 1. The van der Waals surface area contributed by atoms with Crippen LogP contribution in [0.4, 0.5) is 11.4 Å². The van der Waals surface area contributed by atoms with Crippen molar-refractivity contribution < 1.29 is 9.21 Å². The van der Waals surface area contributed by atoms with E-state index in [0.717, 1.165) is 48.4 Å². The van der Waals surface area contributed by atoms with E-state index < -0.39 is 0 Å². The number of anilines is 2. The van der Waals surface area contributed by atoms with Gasteiger partial charge in [0.15, 0.2) is 5.82 Å². The van der Waals surface area contributed by atoms with Crippen LogP contribution in [-0.4, -0.2) is 47.0 Å². The van der Waals surface area contributed by atoms with Gasteiger partial charge in [0.2, 0.25) is 0 Å². The molecular weight excluding hydrogens is 380 g/mol. The molecule has 0 aliphatic carbocycles. The fraction of sp³-hybridized carbons (Fsp3) is 0.182. The van der Waals surface area contributed by atoms with Gasteiger partial charge < -0.3 is 20.0 Å². The molecule has 0 bridgehead atoms. The lowest BCUT2D eigenvalue weighted by molar-refractivity contribution is 0.102. The maximum atomic E-state index is 12.9. The van der Waals surface area contributed by atoms with Crippen molar-refractivity contribution >= 4 is 28.3 Å². The number of carbonyl (C=O) groups is 1. The van der Waals surface area contributed by atoms with Crippen molar-refractivity contribution in [2.24, 2.45) is 0 Å². The minimum Gasteiger partial charge on any atom is -0.464 e. The van der Waals surface area contributed by atoms with E-state index in [0.29, 0.717) is 17.2 Å². The monoisotopic (exact) mass is 400 g/mol. The Bertz CT molecular complexity index is 1200. The van der Waals surface area contributed by atoms with Crippen LogP contribution in [0.2, 0.25) is 0 Å². The zero-order valence-corrected chi connectivity index (χ0v) is 16.2. The Kier molecular flexibility index (Phi) is 4.82. The highest BCUT2D eigenvalue weighted by Crippen LogP contribution is 2.26. The van der Waals surface area contributed by atoms with Crippen LogP contribution in [0.5, 0.6) is 0 Å². The molecule has 1 amide bonds. The number of pyridine rings is 1. The molecule has 0 atom stereocenters. The molecule has 1 aliphatic rings. The van der Waals surface area contributed by atoms with Crippen molar-refractivity contribution in [1.29, 1.82) is 0 Å². The van der Waals surface area contributed by atoms with Crippen LogP contribution >= 0.6 is 0 Å². The first-order valence-corrected chi connectivity index (χ1v) is 9.80. The van der Waals surface area contributed by atoms with Crippen molar-refractivity contribution in [2.45, 2.75) is 0 Å². The molecule has 1 aromatic carbocycles. The number of hydrogen-bond donors (Lipinski definition) is 2. The van der Waals surface area contributed by atoms with Crippen molar-refractivity contribution in [3.8, 4) is 11.4 Å². The fourth-order valence-electron chi connectivity index (χ4n) is 3.58. The molecule has 4 aromatic rings. The molecule has 0 spiro atoms. The largest absolute Gasteiger partial charge is 0.464 e. The van der Waals surface area contributed by atoms with E-state index in [2.05, 4.69) is 30.5 Å². The minimum atomic E-state index is -0.299. The average Bonchev–Trinajstić information content (AvgIpc) is 3.28. The van der Waals surface area contributed by atoms with E-state index in [1.165, 1.54) is 0 Å². The lowest BCUT2D eigenvalue weighted by Crippen LogP contribution is -2.43. The topological polar surface area (TPSA) is 96.2 Å². The number of rotatable bonds is 4. The van der Waals surface area contributed by atoms with Gasteiger partial charge in [-0.05, 0) is 36.4 Å². The van der Waals surface area contributed by atoms with Crippen LogP contribution in [0.15, 0.2) is 65.7 Å². The second-order valence-corrected chi connectivity index (χ2v) is 7.02. The molecule has 0 radical (unpaired) electrons. The summed E-state index contributed by atoms with van der Waals surface area (Å²) in [5.74, 6) is 0.187. The van der Waals surface area contributed by atoms with Gasteiger partial charge in [-0.15, -0.1) is 0 Å². The van der Waals surface area contributed by atoms with Gasteiger partial charge in [-0.3, -0.25) is 9.78 Å². The molecule has 5 rings (SSSR count). The smallest absolute Gasteiger partial charge is 0.274 e. The molecule has 4 heterocycles. The van der Waals surface area contributed by atoms with Gasteiger partial charge in [0.05, 0.1) is 23.8 Å². The molecule has 150 valence electrons. The number of nitrogens with one attached hydrogen (secondary N) is 2. The highest BCUT2D eigenvalue weighted by molar-refractivity contribution is 6.04. The van der Waals surface area contributed by atoms with Crippen LogP contribution in [-0.2, 0) is 0 Å². The predicted octanol–water partition coefficient (Wildman–Crippen LogP) is 2.95. The van der Waals surface area contributed by atoms with Crippen molar-refractivity contribution in [1.82, 2.24) is 20.3 Å². The molecule has 1 saturated heterocycles. The highest BCUT2D eigenvalue weighted by atomic mass is 16.3. The Morgan fingerprint density at radius 1 is 1.10 bits per heavy atom. The number of amides is 1. The van der Waals surface area contributed by atoms with Crippen LogP contribution in [0.25, 0.3) is 22.4 Å². The Morgan fingerprint density at radius 2 is 2.00 bits per heavy atom. The van der Waals surface area contributed by atoms with E-state index >= 15 is 0 Å². The predicted molar refractivity (Wildman–Crippen MR) is 115 cm³/mol. The summed E-state index contributed by atoms with van der Waals surface area (Å²) in [4.78, 5) is 28.1. The van der Waals surface area contributed by atoms with Gasteiger partial charge in [0.1, 0.15) is 11.3 Å². The number of carbonyl (C=O) groups excluding carboxylic acids is 1. The first kappa shape index (κ1) is 18.3. The Hall–Kier alpha value is -3.78. The molecule has 2 N–H and O–H groups in total. The first-order chi connectivity index (χ1) is 14.8. The lowest BCUT2D eigenvalue weighted by Gasteiger charge is -2.30. The van der Waals surface area contributed by atoms with Crippen LogP contribution in [0.3, 0.4) is 0 Å². The average molecular weight is 400 g/mol. The summed E-state index contributed by atoms with van der Waals surface area (Å²) in [7, 11) is 0. The van der Waals surface area contributed by atoms with E-state index in [-0.39, 0.29) is 5.91 Å². The van der Waals surface area contributed by atoms with Gasteiger partial charge in [0, 0.05) is 49.5 Å². The summed E-state index contributed by atoms with van der Waals surface area (Å²) >= 11 is 0. The minimum absolute atomic E-state index is 0.294. The Morgan fingerprint density at radius 3 is 2.90 bits per heavy atom. The molecule has 8 nitrogen and oxygen atoms in total. The van der Waals surface area contributed by atoms with Crippen molar-refractivity contribution in [3.05, 3.63) is 66.9 Å². The maximum Gasteiger partial charge on any atom is 0.274 e. The number of benzene rings is 1. The summed E-state index contributed by atoms with van der Waals surface area (Å²) < 4.78 is 5.38. The molecule has 1 fully saturated rings. The molecular formula is C22H20N6O2. The second-order valence-electron chi connectivity index (χ2n) is 7.02. The molecule has 30 heavy (non-hydrogen) atoms. The first-order valence-electron chi connectivity index (χ1n) is 9.80. The summed E-state index contributed by atoms with van der Waals surface area (Å²) in [6.07, 6.45) is 6.65. The van der Waals surface area contributed by atoms with Crippen molar-refractivity contribution in [3.63, 3.8) is 0 Å². The third kappa shape index (κ3) is 3.60. The summed E-state index contributed by atoms with van der Waals surface area (Å²) in [5, 5.41) is 7.25. The second kappa shape index (κ2) is 7.92. The van der Waals surface area contributed by atoms with Gasteiger partial charge in [-0.2, -0.15) is 0 Å². The molecule has 1 aliphatic heterocycles. The summed E-state index contributed by atoms with van der Waals surface area (Å²) in [6.45, 7) is 3.57. The standard InChI is InChI=1S/C22H20N6O2/c29-22(27-18-14-24-6-4-19(18)28-10-8-23-9-11-28)17-3-7-25-21(26-17)16-1-2-20-15(13-16)5-12-30-20/h1-7,12-14,23H,8-11H2,(H,27,29). The van der Waals surface area contributed by atoms with Crippen LogP contribution < -0.4 is 15.5 Å². The third-order valence-corrected chi connectivity index (χ3v) is 5.10. The summed E-state index contributed by atoms with van der Waals surface area (Å²) in [6, 6.07) is 11.1. The van der Waals surface area contributed by atoms with Gasteiger partial charge >= 0.3 is 0 Å². The van der Waals surface area contributed by atoms with Gasteiger partial charge in [-0.1, -0.05) is 0 Å². The zero-order chi connectivity index (χ0) is 20.3. The third-order valence-electron chi connectivity index (χ3n) is 5.10. The quantitative estimate of drug-likeness (QED) is 0.544. The van der Waals surface area contributed by atoms with Crippen LogP contribution in [0, 0.1) is 0 Å². The SMILES string of the molecule is O=C(Nc1cnccc1N1CCNCC1)c1ccnc(-c2ccc3occc3c2)n1. The highest BCUT2D eigenvalue weighted by Gasteiger charge is 2.17. The molecule has 0 saturated carbocycles. The number of fused-ring (bicyclic) bond motifs is 1. The number of furan rings is 1. The van der Waals surface area contributed by atoms with Gasteiger partial charge in [-0.25, -0.2) is 9.97 Å². The van der Waals surface area contributed by atoms with E-state index in [1.807, 2.05) is 30.3 Å². The van der Waals surface area contributed by atoms with E-state index in [4.69, 9.17) is 4.42 Å². The van der Waals surface area contributed by atoms with Gasteiger partial charge in [0.25, 0.3) is 5.91 Å². The number of hydrogen-bond acceptors (Lipinski definition) is 7.